The summed E-state index contributed by atoms with van der Waals surface area (Å²) in [4.78, 5) is 0. The second kappa shape index (κ2) is 9.67. The van der Waals surface area contributed by atoms with Crippen molar-refractivity contribution in [2.45, 2.75) is 26.5 Å². The summed E-state index contributed by atoms with van der Waals surface area (Å²) in [6.07, 6.45) is -0.524. The quantitative estimate of drug-likeness (QED) is 0.673. The molecule has 0 bridgehead atoms. The van der Waals surface area contributed by atoms with Gasteiger partial charge in [0, 0.05) is 13.1 Å². The summed E-state index contributed by atoms with van der Waals surface area (Å²) in [5.41, 5.74) is 1.97. The highest BCUT2D eigenvalue weighted by Crippen LogP contribution is 2.36. The highest BCUT2D eigenvalue weighted by atomic mass is 79.9. The second-order valence-corrected chi connectivity index (χ2v) is 6.18. The van der Waals surface area contributed by atoms with E-state index in [-0.39, 0.29) is 0 Å². The third-order valence-electron chi connectivity index (χ3n) is 3.51. The van der Waals surface area contributed by atoms with E-state index in [4.69, 9.17) is 9.47 Å². The number of aliphatic hydroxyl groups is 1. The molecule has 0 saturated carbocycles. The van der Waals surface area contributed by atoms with Gasteiger partial charge in [0.15, 0.2) is 11.5 Å². The van der Waals surface area contributed by atoms with Crippen LogP contribution in [0.2, 0.25) is 0 Å². The predicted octanol–water partition coefficient (Wildman–Crippen LogP) is 4.07. The van der Waals surface area contributed by atoms with Crippen LogP contribution in [0.25, 0.3) is 0 Å². The lowest BCUT2D eigenvalue weighted by molar-refractivity contribution is 0.174. The minimum atomic E-state index is -0.524. The first kappa shape index (κ1) is 18.8. The fourth-order valence-electron chi connectivity index (χ4n) is 2.42. The predicted molar refractivity (Wildman–Crippen MR) is 99.6 cm³/mol. The number of hydrogen-bond acceptors (Lipinski definition) is 4. The fraction of sp³-hybridized carbons (Fsp3) is 0.368. The van der Waals surface area contributed by atoms with E-state index in [9.17, 15) is 5.11 Å². The van der Waals surface area contributed by atoms with Gasteiger partial charge in [0.25, 0.3) is 0 Å². The maximum absolute atomic E-state index is 10.2. The number of aliphatic hydroxyl groups excluding tert-OH is 1. The van der Waals surface area contributed by atoms with E-state index < -0.39 is 6.10 Å². The van der Waals surface area contributed by atoms with Crippen molar-refractivity contribution in [3.63, 3.8) is 0 Å². The van der Waals surface area contributed by atoms with Crippen molar-refractivity contribution in [3.8, 4) is 11.5 Å². The van der Waals surface area contributed by atoms with Gasteiger partial charge < -0.3 is 19.9 Å². The fourth-order valence-corrected chi connectivity index (χ4v) is 3.02. The first-order valence-electron chi connectivity index (χ1n) is 8.17. The topological polar surface area (TPSA) is 50.7 Å². The summed E-state index contributed by atoms with van der Waals surface area (Å²) in [5, 5.41) is 13.5. The Morgan fingerprint density at radius 3 is 2.46 bits per heavy atom. The van der Waals surface area contributed by atoms with Crippen molar-refractivity contribution in [2.24, 2.45) is 0 Å². The molecule has 0 unspecified atom stereocenters. The van der Waals surface area contributed by atoms with Crippen molar-refractivity contribution in [3.05, 3.63) is 58.1 Å². The molecule has 0 saturated heterocycles. The van der Waals surface area contributed by atoms with E-state index >= 15 is 0 Å². The third-order valence-corrected chi connectivity index (χ3v) is 4.10. The van der Waals surface area contributed by atoms with Crippen molar-refractivity contribution in [1.29, 1.82) is 0 Å². The van der Waals surface area contributed by atoms with Crippen LogP contribution in [-0.4, -0.2) is 24.9 Å². The smallest absolute Gasteiger partial charge is 0.175 e. The van der Waals surface area contributed by atoms with Gasteiger partial charge in [-0.3, -0.25) is 0 Å². The molecule has 0 radical (unpaired) electrons. The molecule has 24 heavy (non-hydrogen) atoms. The molecular weight excluding hydrogens is 370 g/mol. The number of benzene rings is 2. The zero-order valence-corrected chi connectivity index (χ0v) is 15.7. The van der Waals surface area contributed by atoms with E-state index in [0.29, 0.717) is 26.3 Å². The Balaban J connectivity index is 1.99. The van der Waals surface area contributed by atoms with E-state index in [1.165, 1.54) is 0 Å². The Kier molecular flexibility index (Phi) is 7.56. The Hall–Kier alpha value is -1.56. The lowest BCUT2D eigenvalue weighted by Gasteiger charge is -2.16. The van der Waals surface area contributed by atoms with Gasteiger partial charge in [0.2, 0.25) is 0 Å². The Morgan fingerprint density at radius 2 is 1.79 bits per heavy atom. The Morgan fingerprint density at radius 1 is 1.08 bits per heavy atom. The number of ether oxygens (including phenoxy) is 2. The van der Waals surface area contributed by atoms with Crippen LogP contribution in [0.5, 0.6) is 11.5 Å². The number of rotatable bonds is 9. The lowest BCUT2D eigenvalue weighted by Crippen LogP contribution is -2.21. The summed E-state index contributed by atoms with van der Waals surface area (Å²) in [7, 11) is 0. The van der Waals surface area contributed by atoms with Gasteiger partial charge in [-0.2, -0.15) is 0 Å². The molecule has 0 aliphatic rings. The van der Waals surface area contributed by atoms with Crippen LogP contribution in [0.4, 0.5) is 0 Å². The summed E-state index contributed by atoms with van der Waals surface area (Å²) in [6.45, 7) is 6.18. The second-order valence-electron chi connectivity index (χ2n) is 5.33. The maximum Gasteiger partial charge on any atom is 0.175 e. The first-order valence-corrected chi connectivity index (χ1v) is 8.96. The molecule has 0 fully saturated rings. The molecular formula is C19H24BrNO3. The van der Waals surface area contributed by atoms with Crippen LogP contribution >= 0.6 is 15.9 Å². The minimum Gasteiger partial charge on any atom is -0.490 e. The first-order chi connectivity index (χ1) is 11.7. The molecule has 5 heteroatoms. The molecule has 0 spiro atoms. The van der Waals surface area contributed by atoms with Crippen LogP contribution in [-0.2, 0) is 6.54 Å². The Labute approximate surface area is 151 Å². The SMILES string of the molecule is CCOc1cc(CNC[C@H](O)c2ccccc2)cc(Br)c1OCC. The molecule has 2 N–H and O–H groups in total. The standard InChI is InChI=1S/C19H24BrNO3/c1-3-23-18-11-14(10-16(20)19(18)24-4-2)12-21-13-17(22)15-8-6-5-7-9-15/h5-11,17,21-22H,3-4,12-13H2,1-2H3/t17-/m0/s1. The van der Waals surface area contributed by atoms with Gasteiger partial charge in [-0.25, -0.2) is 0 Å². The molecule has 4 nitrogen and oxygen atoms in total. The van der Waals surface area contributed by atoms with Gasteiger partial charge in [-0.05, 0) is 53.0 Å². The molecule has 0 aliphatic heterocycles. The number of hydrogen-bond donors (Lipinski definition) is 2. The van der Waals surface area contributed by atoms with Crippen LogP contribution < -0.4 is 14.8 Å². The van der Waals surface area contributed by atoms with Crippen LogP contribution in [0, 0.1) is 0 Å². The number of halogens is 1. The van der Waals surface area contributed by atoms with E-state index in [0.717, 1.165) is 27.1 Å². The van der Waals surface area contributed by atoms with Gasteiger partial charge in [0.1, 0.15) is 0 Å². The van der Waals surface area contributed by atoms with Crippen LogP contribution in [0.1, 0.15) is 31.1 Å². The van der Waals surface area contributed by atoms with Crippen LogP contribution in [0.15, 0.2) is 46.9 Å². The molecule has 2 aromatic carbocycles. The maximum atomic E-state index is 10.2. The average molecular weight is 394 g/mol. The van der Waals surface area contributed by atoms with E-state index in [2.05, 4.69) is 21.2 Å². The van der Waals surface area contributed by atoms with Crippen molar-refractivity contribution in [1.82, 2.24) is 5.32 Å². The summed E-state index contributed by atoms with van der Waals surface area (Å²) in [6, 6.07) is 13.6. The van der Waals surface area contributed by atoms with Gasteiger partial charge >= 0.3 is 0 Å². The van der Waals surface area contributed by atoms with E-state index in [1.807, 2.05) is 56.3 Å². The molecule has 1 atom stereocenters. The average Bonchev–Trinajstić information content (AvgIpc) is 2.59. The van der Waals surface area contributed by atoms with Crippen molar-refractivity contribution >= 4 is 15.9 Å². The Bertz CT molecular complexity index is 634. The van der Waals surface area contributed by atoms with Crippen molar-refractivity contribution in [2.75, 3.05) is 19.8 Å². The summed E-state index contributed by atoms with van der Waals surface area (Å²) >= 11 is 3.54. The molecule has 0 aliphatic carbocycles. The third kappa shape index (κ3) is 5.23. The van der Waals surface area contributed by atoms with Crippen LogP contribution in [0.3, 0.4) is 0 Å². The largest absolute Gasteiger partial charge is 0.490 e. The molecule has 130 valence electrons. The van der Waals surface area contributed by atoms with Gasteiger partial charge in [-0.1, -0.05) is 30.3 Å². The monoisotopic (exact) mass is 393 g/mol. The number of nitrogens with one attached hydrogen (secondary N) is 1. The molecule has 0 aromatic heterocycles. The van der Waals surface area contributed by atoms with E-state index in [1.54, 1.807) is 0 Å². The summed E-state index contributed by atoms with van der Waals surface area (Å²) in [5.74, 6) is 1.46. The van der Waals surface area contributed by atoms with Crippen molar-refractivity contribution < 1.29 is 14.6 Å². The molecule has 2 aromatic rings. The zero-order valence-electron chi connectivity index (χ0n) is 14.1. The zero-order chi connectivity index (χ0) is 17.4. The highest BCUT2D eigenvalue weighted by molar-refractivity contribution is 9.10. The molecule has 0 heterocycles. The molecule has 0 amide bonds. The normalized spacial score (nSPS) is 12.0. The minimum absolute atomic E-state index is 0.485. The van der Waals surface area contributed by atoms with Gasteiger partial charge in [-0.15, -0.1) is 0 Å². The summed E-state index contributed by atoms with van der Waals surface area (Å²) < 4.78 is 12.2. The highest BCUT2D eigenvalue weighted by Gasteiger charge is 2.12. The lowest BCUT2D eigenvalue weighted by atomic mass is 10.1. The molecule has 2 rings (SSSR count). The van der Waals surface area contributed by atoms with Gasteiger partial charge in [0.05, 0.1) is 23.8 Å².